The minimum Gasteiger partial charge on any atom is -0.378 e. The zero-order valence-corrected chi connectivity index (χ0v) is 18.1. The van der Waals surface area contributed by atoms with Crippen molar-refractivity contribution >= 4 is 56.6 Å². The molecule has 1 saturated heterocycles. The van der Waals surface area contributed by atoms with E-state index >= 15 is 0 Å². The van der Waals surface area contributed by atoms with E-state index in [1.807, 2.05) is 6.26 Å². The third-order valence-electron chi connectivity index (χ3n) is 4.21. The molecule has 0 aromatic heterocycles. The first-order valence-corrected chi connectivity index (χ1v) is 11.8. The monoisotopic (exact) mass is 460 g/mol. The number of thioether (sulfide) groups is 1. The standard InChI is InChI=1S/C18H18Cl2N2O4S2/c1-27-16-6-5-12(11-13(16)18(23)22-7-9-26-10-8-22)28(24,25)21-15-4-2-3-14(19)17(15)20/h2-6,11,21H,7-10H2,1H3. The zero-order chi connectivity index (χ0) is 20.3. The van der Waals surface area contributed by atoms with E-state index in [1.165, 1.54) is 30.0 Å². The van der Waals surface area contributed by atoms with Gasteiger partial charge >= 0.3 is 0 Å². The molecule has 1 N–H and O–H groups in total. The van der Waals surface area contributed by atoms with Gasteiger partial charge in [0.05, 0.1) is 39.4 Å². The van der Waals surface area contributed by atoms with Crippen LogP contribution in [0, 0.1) is 0 Å². The Bertz CT molecular complexity index is 993. The second-order valence-electron chi connectivity index (χ2n) is 5.97. The number of amides is 1. The number of ether oxygens (including phenoxy) is 1. The molecule has 6 nitrogen and oxygen atoms in total. The van der Waals surface area contributed by atoms with Crippen molar-refractivity contribution in [1.82, 2.24) is 4.90 Å². The molecule has 1 heterocycles. The molecule has 1 amide bonds. The number of morpholine rings is 1. The van der Waals surface area contributed by atoms with Gasteiger partial charge in [-0.15, -0.1) is 11.8 Å². The highest BCUT2D eigenvalue weighted by atomic mass is 35.5. The molecular weight excluding hydrogens is 443 g/mol. The van der Waals surface area contributed by atoms with Crippen LogP contribution in [0.25, 0.3) is 0 Å². The fourth-order valence-corrected chi connectivity index (χ4v) is 4.82. The van der Waals surface area contributed by atoms with E-state index in [1.54, 1.807) is 23.1 Å². The van der Waals surface area contributed by atoms with Gasteiger partial charge in [0, 0.05) is 18.0 Å². The van der Waals surface area contributed by atoms with Crippen molar-refractivity contribution in [3.8, 4) is 0 Å². The molecule has 0 aliphatic carbocycles. The van der Waals surface area contributed by atoms with Crippen LogP contribution in [0.5, 0.6) is 0 Å². The molecular formula is C18H18Cl2N2O4S2. The summed E-state index contributed by atoms with van der Waals surface area (Å²) in [5.41, 5.74) is 0.513. The predicted octanol–water partition coefficient (Wildman–Crippen LogP) is 3.99. The SMILES string of the molecule is CSc1ccc(S(=O)(=O)Nc2cccc(Cl)c2Cl)cc1C(=O)N1CCOCC1. The Labute approximate surface area is 178 Å². The van der Waals surface area contributed by atoms with E-state index in [0.717, 1.165) is 0 Å². The molecule has 1 aliphatic rings. The van der Waals surface area contributed by atoms with Gasteiger partial charge in [-0.05, 0) is 36.6 Å². The van der Waals surface area contributed by atoms with Gasteiger partial charge in [-0.3, -0.25) is 9.52 Å². The summed E-state index contributed by atoms with van der Waals surface area (Å²) in [5, 5.41) is 0.348. The van der Waals surface area contributed by atoms with Crippen molar-refractivity contribution in [3.05, 3.63) is 52.0 Å². The van der Waals surface area contributed by atoms with Crippen LogP contribution in [-0.2, 0) is 14.8 Å². The van der Waals surface area contributed by atoms with E-state index in [-0.39, 0.29) is 26.5 Å². The van der Waals surface area contributed by atoms with Crippen LogP contribution >= 0.6 is 35.0 Å². The lowest BCUT2D eigenvalue weighted by molar-refractivity contribution is 0.0300. The van der Waals surface area contributed by atoms with Crippen LogP contribution in [0.4, 0.5) is 5.69 Å². The van der Waals surface area contributed by atoms with Crippen LogP contribution in [0.3, 0.4) is 0 Å². The van der Waals surface area contributed by atoms with Gasteiger partial charge < -0.3 is 9.64 Å². The summed E-state index contributed by atoms with van der Waals surface area (Å²) in [6.45, 7) is 1.88. The van der Waals surface area contributed by atoms with Crippen LogP contribution in [0.1, 0.15) is 10.4 Å². The number of hydrogen-bond acceptors (Lipinski definition) is 5. The minimum absolute atomic E-state index is 0.0297. The van der Waals surface area contributed by atoms with E-state index in [4.69, 9.17) is 27.9 Å². The second kappa shape index (κ2) is 8.92. The molecule has 2 aromatic rings. The van der Waals surface area contributed by atoms with Gasteiger partial charge in [0.1, 0.15) is 0 Å². The largest absolute Gasteiger partial charge is 0.378 e. The average molecular weight is 461 g/mol. The summed E-state index contributed by atoms with van der Waals surface area (Å²) in [6.07, 6.45) is 1.84. The van der Waals surface area contributed by atoms with E-state index in [0.29, 0.717) is 36.8 Å². The fourth-order valence-electron chi connectivity index (χ4n) is 2.74. The molecule has 10 heteroatoms. The van der Waals surface area contributed by atoms with Crippen molar-refractivity contribution in [2.75, 3.05) is 37.3 Å². The van der Waals surface area contributed by atoms with Gasteiger partial charge in [-0.2, -0.15) is 0 Å². The van der Waals surface area contributed by atoms with Crippen molar-refractivity contribution in [3.63, 3.8) is 0 Å². The third kappa shape index (κ3) is 4.58. The zero-order valence-electron chi connectivity index (χ0n) is 14.9. The number of benzene rings is 2. The Balaban J connectivity index is 1.95. The number of nitrogens with zero attached hydrogens (tertiary/aromatic N) is 1. The Morgan fingerprint density at radius 3 is 2.57 bits per heavy atom. The highest BCUT2D eigenvalue weighted by Crippen LogP contribution is 2.32. The lowest BCUT2D eigenvalue weighted by atomic mass is 10.2. The number of nitrogens with one attached hydrogen (secondary N) is 1. The van der Waals surface area contributed by atoms with Gasteiger partial charge in [0.2, 0.25) is 0 Å². The number of carbonyl (C=O) groups excluding carboxylic acids is 1. The van der Waals surface area contributed by atoms with E-state index < -0.39 is 10.0 Å². The summed E-state index contributed by atoms with van der Waals surface area (Å²) < 4.78 is 33.4. The highest BCUT2D eigenvalue weighted by molar-refractivity contribution is 7.98. The predicted molar refractivity (Wildman–Crippen MR) is 112 cm³/mol. The first kappa shape index (κ1) is 21.3. The van der Waals surface area contributed by atoms with Gasteiger partial charge in [0.25, 0.3) is 15.9 Å². The van der Waals surface area contributed by atoms with Gasteiger partial charge in [0.15, 0.2) is 0 Å². The Kier molecular flexibility index (Phi) is 6.77. The lowest BCUT2D eigenvalue weighted by Crippen LogP contribution is -2.41. The van der Waals surface area contributed by atoms with Crippen molar-refractivity contribution in [2.45, 2.75) is 9.79 Å². The third-order valence-corrected chi connectivity index (χ3v) is 7.18. The number of hydrogen-bond donors (Lipinski definition) is 1. The minimum atomic E-state index is -3.96. The van der Waals surface area contributed by atoms with E-state index in [9.17, 15) is 13.2 Å². The Morgan fingerprint density at radius 2 is 1.89 bits per heavy atom. The van der Waals surface area contributed by atoms with Crippen LogP contribution in [0.2, 0.25) is 10.0 Å². The van der Waals surface area contributed by atoms with Gasteiger partial charge in [-0.25, -0.2) is 8.42 Å². The topological polar surface area (TPSA) is 75.7 Å². The maximum Gasteiger partial charge on any atom is 0.261 e. The molecule has 2 aromatic carbocycles. The Morgan fingerprint density at radius 1 is 1.18 bits per heavy atom. The van der Waals surface area contributed by atoms with Crippen molar-refractivity contribution < 1.29 is 17.9 Å². The average Bonchev–Trinajstić information content (AvgIpc) is 2.71. The molecule has 1 aliphatic heterocycles. The molecule has 0 atom stereocenters. The van der Waals surface area contributed by atoms with Crippen LogP contribution < -0.4 is 4.72 Å². The number of sulfonamides is 1. The first-order valence-electron chi connectivity index (χ1n) is 8.35. The molecule has 3 rings (SSSR count). The molecule has 0 saturated carbocycles. The molecule has 150 valence electrons. The summed E-state index contributed by atoms with van der Waals surface area (Å²) in [4.78, 5) is 15.3. The molecule has 0 bridgehead atoms. The normalized spacial score (nSPS) is 14.8. The van der Waals surface area contributed by atoms with E-state index in [2.05, 4.69) is 4.72 Å². The summed E-state index contributed by atoms with van der Waals surface area (Å²) in [7, 11) is -3.96. The highest BCUT2D eigenvalue weighted by Gasteiger charge is 2.24. The number of halogens is 2. The molecule has 0 radical (unpaired) electrons. The fraction of sp³-hybridized carbons (Fsp3) is 0.278. The molecule has 1 fully saturated rings. The van der Waals surface area contributed by atoms with Crippen LogP contribution in [0.15, 0.2) is 46.2 Å². The number of rotatable bonds is 5. The summed E-state index contributed by atoms with van der Waals surface area (Å²) in [5.74, 6) is -0.217. The summed E-state index contributed by atoms with van der Waals surface area (Å²) in [6, 6.07) is 9.16. The van der Waals surface area contributed by atoms with Gasteiger partial charge in [-0.1, -0.05) is 29.3 Å². The molecule has 28 heavy (non-hydrogen) atoms. The summed E-state index contributed by atoms with van der Waals surface area (Å²) >= 11 is 13.4. The van der Waals surface area contributed by atoms with Crippen LogP contribution in [-0.4, -0.2) is 51.8 Å². The van der Waals surface area contributed by atoms with Crippen molar-refractivity contribution in [1.29, 1.82) is 0 Å². The maximum absolute atomic E-state index is 12.9. The quantitative estimate of drug-likeness (QED) is 0.682. The smallest absolute Gasteiger partial charge is 0.261 e. The van der Waals surface area contributed by atoms with Crippen molar-refractivity contribution in [2.24, 2.45) is 0 Å². The molecule has 0 spiro atoms. The first-order chi connectivity index (χ1) is 13.3. The lowest BCUT2D eigenvalue weighted by Gasteiger charge is -2.27. The molecule has 0 unspecified atom stereocenters. The number of carbonyl (C=O) groups is 1. The second-order valence-corrected chi connectivity index (χ2v) is 9.29. The Hall–Kier alpha value is -1.45. The number of anilines is 1. The maximum atomic E-state index is 12.9.